The average Bonchev–Trinajstić information content (AvgIpc) is 3.81. The summed E-state index contributed by atoms with van der Waals surface area (Å²) < 4.78 is 5.68. The van der Waals surface area contributed by atoms with Gasteiger partial charge in [0.25, 0.3) is 0 Å². The zero-order valence-corrected chi connectivity index (χ0v) is 44.0. The van der Waals surface area contributed by atoms with Crippen LogP contribution in [-0.2, 0) is 33.8 Å². The molecule has 0 amide bonds. The molecular weight excluding hydrogens is 879 g/mol. The predicted molar refractivity (Wildman–Crippen MR) is 285 cm³/mol. The molecule has 2 aromatic carbocycles. The van der Waals surface area contributed by atoms with Crippen molar-refractivity contribution < 1.29 is 28.7 Å². The highest BCUT2D eigenvalue weighted by molar-refractivity contribution is 5.91. The van der Waals surface area contributed by atoms with Gasteiger partial charge in [0.05, 0.1) is 17.9 Å². The molecule has 4 aromatic rings. The Morgan fingerprint density at radius 2 is 1.64 bits per heavy atom. The van der Waals surface area contributed by atoms with E-state index < -0.39 is 0 Å². The van der Waals surface area contributed by atoms with Crippen LogP contribution in [0.3, 0.4) is 0 Å². The van der Waals surface area contributed by atoms with Crippen molar-refractivity contribution in [2.75, 3.05) is 67.3 Å². The quantitative estimate of drug-likeness (QED) is 0.0858. The molecule has 3 atom stereocenters. The number of anilines is 5. The monoisotopic (exact) mass is 960 g/mol. The molecule has 2 aromatic heterocycles. The Labute approximate surface area is 418 Å². The number of likely N-dealkylation sites (N-methyl/N-ethyl adjacent to an activating group) is 1. The van der Waals surface area contributed by atoms with Gasteiger partial charge in [-0.1, -0.05) is 73.4 Å². The normalized spacial score (nSPS) is 16.5. The van der Waals surface area contributed by atoms with Crippen molar-refractivity contribution in [3.05, 3.63) is 94.3 Å². The summed E-state index contributed by atoms with van der Waals surface area (Å²) in [6, 6.07) is 15.5. The van der Waals surface area contributed by atoms with Crippen LogP contribution < -0.4 is 25.2 Å². The molecule has 1 fully saturated rings. The number of nitrogens with zero attached hydrogens (tertiary/aromatic N) is 5. The number of fused-ring (bicyclic) bond motifs is 2. The summed E-state index contributed by atoms with van der Waals surface area (Å²) in [5, 5.41) is 6.82. The number of nitrogens with one attached hydrogen (secondary N) is 2. The zero-order chi connectivity index (χ0) is 51.4. The van der Waals surface area contributed by atoms with Crippen molar-refractivity contribution in [2.24, 2.45) is 17.3 Å². The summed E-state index contributed by atoms with van der Waals surface area (Å²) in [5.41, 5.74) is 10.3. The molecule has 3 aliphatic heterocycles. The molecule has 0 saturated carbocycles. The van der Waals surface area contributed by atoms with Crippen LogP contribution in [0.1, 0.15) is 143 Å². The Morgan fingerprint density at radius 3 is 2.27 bits per heavy atom. The third-order valence-electron chi connectivity index (χ3n) is 13.9. The maximum Gasteiger partial charge on any atom is 0.237 e. The molecule has 70 heavy (non-hydrogen) atoms. The Kier molecular flexibility index (Phi) is 22.7. The van der Waals surface area contributed by atoms with Gasteiger partial charge in [-0.05, 0) is 124 Å². The lowest BCUT2D eigenvalue weighted by atomic mass is 9.78. The Morgan fingerprint density at radius 1 is 0.914 bits per heavy atom. The first kappa shape index (κ1) is 56.6. The molecule has 0 bridgehead atoms. The van der Waals surface area contributed by atoms with Crippen LogP contribution in [0.15, 0.2) is 60.9 Å². The van der Waals surface area contributed by atoms with Gasteiger partial charge in [-0.3, -0.25) is 24.1 Å². The largest absolute Gasteiger partial charge is 0.474 e. The van der Waals surface area contributed by atoms with Crippen molar-refractivity contribution >= 4 is 59.0 Å². The minimum atomic E-state index is -0.123. The molecule has 3 aliphatic rings. The highest BCUT2D eigenvalue weighted by Gasteiger charge is 2.36. The van der Waals surface area contributed by atoms with E-state index in [1.54, 1.807) is 13.0 Å². The number of aromatic nitrogens is 2. The number of Topliss-reactive ketones (excluding diaryl/α,β-unsaturated/α-hetero) is 2. The lowest BCUT2D eigenvalue weighted by Crippen LogP contribution is -2.32. The van der Waals surface area contributed by atoms with Crippen LogP contribution in [0, 0.1) is 24.2 Å². The van der Waals surface area contributed by atoms with E-state index in [0.717, 1.165) is 98.1 Å². The fourth-order valence-electron chi connectivity index (χ4n) is 8.96. The molecule has 1 saturated heterocycles. The van der Waals surface area contributed by atoms with Crippen LogP contribution in [0.25, 0.3) is 0 Å². The minimum absolute atomic E-state index is 0.0782. The van der Waals surface area contributed by atoms with E-state index in [1.165, 1.54) is 48.8 Å². The number of hydrogen-bond donors (Lipinski definition) is 2. The van der Waals surface area contributed by atoms with E-state index in [0.29, 0.717) is 48.3 Å². The number of rotatable bonds is 19. The highest BCUT2D eigenvalue weighted by atomic mass is 16.5. The van der Waals surface area contributed by atoms with Crippen LogP contribution >= 0.6 is 0 Å². The van der Waals surface area contributed by atoms with Gasteiger partial charge < -0.3 is 30.0 Å². The molecular formula is C57H81N7O6. The summed E-state index contributed by atoms with van der Waals surface area (Å²) in [6.07, 6.45) is 15.1. The summed E-state index contributed by atoms with van der Waals surface area (Å²) in [7, 11) is 3.69. The van der Waals surface area contributed by atoms with Gasteiger partial charge in [-0.25, -0.2) is 9.97 Å². The summed E-state index contributed by atoms with van der Waals surface area (Å²) in [5.74, 6) is 2.78. The molecule has 0 aliphatic carbocycles. The minimum Gasteiger partial charge on any atom is -0.474 e. The van der Waals surface area contributed by atoms with Gasteiger partial charge in [0.1, 0.15) is 36.0 Å². The first-order chi connectivity index (χ1) is 33.6. The number of benzene rings is 2. The second-order valence-electron chi connectivity index (χ2n) is 19.4. The van der Waals surface area contributed by atoms with Crippen molar-refractivity contribution in [1.29, 1.82) is 0 Å². The topological polar surface area (TPSA) is 154 Å². The SMILES string of the molecule is CC.CC(=O)Cc1ccc(Nc2cc3c(cn2)CCN(c2cnc4c(c2C)NCCO4)C3)cc1.CC(C)C(=O)CCC(C=O)N(C)C.CCC(C)CCC1(CC)CCN(c2ccc(C=O)c(C=O)c2)C1. The van der Waals surface area contributed by atoms with E-state index in [1.807, 2.05) is 95.5 Å². The molecule has 13 nitrogen and oxygen atoms in total. The van der Waals surface area contributed by atoms with Gasteiger partial charge in [-0.15, -0.1) is 0 Å². The number of aldehydes is 3. The van der Waals surface area contributed by atoms with E-state index in [2.05, 4.69) is 64.2 Å². The Bertz CT molecular complexity index is 2330. The van der Waals surface area contributed by atoms with Crippen LogP contribution in [0.2, 0.25) is 0 Å². The maximum absolute atomic E-state index is 11.3. The zero-order valence-electron chi connectivity index (χ0n) is 44.0. The van der Waals surface area contributed by atoms with Crippen molar-refractivity contribution in [1.82, 2.24) is 14.9 Å². The molecule has 0 spiro atoms. The third-order valence-corrected chi connectivity index (χ3v) is 13.9. The maximum atomic E-state index is 11.3. The van der Waals surface area contributed by atoms with Crippen LogP contribution in [-0.4, -0.2) is 98.2 Å². The second-order valence-corrected chi connectivity index (χ2v) is 19.4. The second kappa shape index (κ2) is 28.0. The lowest BCUT2D eigenvalue weighted by Gasteiger charge is -2.33. The molecule has 3 unspecified atom stereocenters. The average molecular weight is 960 g/mol. The number of carbonyl (C=O) groups is 5. The Hall–Kier alpha value is -5.95. The van der Waals surface area contributed by atoms with Gasteiger partial charge in [0.15, 0.2) is 12.6 Å². The summed E-state index contributed by atoms with van der Waals surface area (Å²) in [6.45, 7) is 23.7. The van der Waals surface area contributed by atoms with Gasteiger partial charge in [-0.2, -0.15) is 0 Å². The first-order valence-electron chi connectivity index (χ1n) is 25.5. The van der Waals surface area contributed by atoms with E-state index in [-0.39, 0.29) is 23.5 Å². The van der Waals surface area contributed by atoms with Gasteiger partial charge in [0, 0.05) is 85.7 Å². The third kappa shape index (κ3) is 16.0. The van der Waals surface area contributed by atoms with E-state index in [4.69, 9.17) is 4.74 Å². The van der Waals surface area contributed by atoms with Crippen LogP contribution in [0.5, 0.6) is 5.88 Å². The van der Waals surface area contributed by atoms with E-state index in [9.17, 15) is 24.0 Å². The smallest absolute Gasteiger partial charge is 0.237 e. The molecule has 2 N–H and O–H groups in total. The number of carbonyl (C=O) groups excluding carboxylic acids is 5. The fourth-order valence-corrected chi connectivity index (χ4v) is 8.96. The van der Waals surface area contributed by atoms with Crippen molar-refractivity contribution in [3.63, 3.8) is 0 Å². The molecule has 380 valence electrons. The first-order valence-corrected chi connectivity index (χ1v) is 25.5. The molecule has 0 radical (unpaired) electrons. The predicted octanol–water partition coefficient (Wildman–Crippen LogP) is 10.9. The van der Waals surface area contributed by atoms with E-state index >= 15 is 0 Å². The van der Waals surface area contributed by atoms with Crippen LogP contribution in [0.4, 0.5) is 28.6 Å². The number of ether oxygens (including phenoxy) is 1. The van der Waals surface area contributed by atoms with Gasteiger partial charge >= 0.3 is 0 Å². The fraction of sp³-hybridized carbons (Fsp3) is 0.526. The molecule has 5 heterocycles. The Balaban J connectivity index is 0.000000246. The standard InChI is InChI=1S/C25H27N5O2.C20H29NO2.C10H19NO2.C2H6/c1-16(31)11-18-3-5-21(6-4-18)29-23-12-20-15-30(9-7-19(20)13-27-23)22-14-28-25-24(17(22)2)26-8-10-32-25;1-4-16(3)8-9-20(5-2)10-11-21(15-20)19-7-6-17(13-22)18(12-19)14-23;1-8(2)10(13)6-5-9(7-12)11(3)4;1-2/h3-6,12-14,26H,7-11,15H2,1-2H3,(H,27,29);6-7,12-14,16H,4-5,8-11,15H2,1-3H3;7-9H,5-6H2,1-4H3;1-2H3. The van der Waals surface area contributed by atoms with Crippen molar-refractivity contribution in [3.8, 4) is 5.88 Å². The number of pyridine rings is 2. The molecule has 13 heteroatoms. The van der Waals surface area contributed by atoms with Crippen molar-refractivity contribution in [2.45, 2.75) is 133 Å². The highest BCUT2D eigenvalue weighted by Crippen LogP contribution is 2.42. The molecule has 7 rings (SSSR count). The number of hydrogen-bond acceptors (Lipinski definition) is 13. The summed E-state index contributed by atoms with van der Waals surface area (Å²) >= 11 is 0. The lowest BCUT2D eigenvalue weighted by molar-refractivity contribution is -0.122. The van der Waals surface area contributed by atoms with Gasteiger partial charge in [0.2, 0.25) is 5.88 Å². The summed E-state index contributed by atoms with van der Waals surface area (Å²) in [4.78, 5) is 71.0. The number of ketones is 2.